The topological polar surface area (TPSA) is 37.3 Å². The van der Waals surface area contributed by atoms with Crippen molar-refractivity contribution in [3.63, 3.8) is 0 Å². The molecule has 1 aromatic rings. The van der Waals surface area contributed by atoms with E-state index >= 15 is 0 Å². The first-order valence-electron chi connectivity index (χ1n) is 6.09. The van der Waals surface area contributed by atoms with Gasteiger partial charge < -0.3 is 5.11 Å². The fraction of sp³-hybridized carbons (Fsp3) is 0.533. The summed E-state index contributed by atoms with van der Waals surface area (Å²) in [6.07, 6.45) is 0.908. The Labute approximate surface area is 103 Å². The Kier molecular flexibility index (Phi) is 2.57. The van der Waals surface area contributed by atoms with Crippen molar-refractivity contribution < 1.29 is 9.90 Å². The normalized spacial score (nSPS) is 22.2. The lowest BCUT2D eigenvalue weighted by molar-refractivity contribution is -0.148. The van der Waals surface area contributed by atoms with Crippen LogP contribution in [0.4, 0.5) is 0 Å². The Morgan fingerprint density at radius 2 is 1.94 bits per heavy atom. The maximum Gasteiger partial charge on any atom is 0.309 e. The Morgan fingerprint density at radius 1 is 1.35 bits per heavy atom. The van der Waals surface area contributed by atoms with Crippen molar-refractivity contribution in [3.8, 4) is 0 Å². The number of rotatable bonds is 2. The van der Waals surface area contributed by atoms with E-state index in [-0.39, 0.29) is 11.3 Å². The Morgan fingerprint density at radius 3 is 2.53 bits per heavy atom. The van der Waals surface area contributed by atoms with Crippen LogP contribution in [0.2, 0.25) is 0 Å². The molecule has 0 spiro atoms. The molecule has 0 bridgehead atoms. The molecule has 0 aromatic heterocycles. The number of carboxylic acid groups (broad SMARTS) is 1. The molecule has 0 heterocycles. The second-order valence-corrected chi connectivity index (χ2v) is 6.25. The average Bonchev–Trinajstić information content (AvgIpc) is 2.52. The van der Waals surface area contributed by atoms with Crippen molar-refractivity contribution in [2.45, 2.75) is 45.4 Å². The Balaban J connectivity index is 2.52. The number of hydrogen-bond donors (Lipinski definition) is 1. The minimum absolute atomic E-state index is 0.0774. The molecular weight excluding hydrogens is 212 g/mol. The van der Waals surface area contributed by atoms with Crippen LogP contribution in [0.3, 0.4) is 0 Å². The van der Waals surface area contributed by atoms with E-state index in [0.29, 0.717) is 0 Å². The van der Waals surface area contributed by atoms with Crippen LogP contribution in [-0.2, 0) is 10.2 Å². The van der Waals surface area contributed by atoms with Crippen molar-refractivity contribution in [1.29, 1.82) is 0 Å². The van der Waals surface area contributed by atoms with Crippen molar-refractivity contribution in [1.82, 2.24) is 0 Å². The first-order chi connectivity index (χ1) is 7.77. The van der Waals surface area contributed by atoms with Gasteiger partial charge in [-0.2, -0.15) is 0 Å². The minimum Gasteiger partial charge on any atom is -0.481 e. The van der Waals surface area contributed by atoms with Gasteiger partial charge in [-0.25, -0.2) is 0 Å². The second kappa shape index (κ2) is 3.59. The van der Waals surface area contributed by atoms with Gasteiger partial charge in [0, 0.05) is 5.92 Å². The highest BCUT2D eigenvalue weighted by molar-refractivity contribution is 5.75. The van der Waals surface area contributed by atoms with Crippen LogP contribution < -0.4 is 0 Å². The van der Waals surface area contributed by atoms with Gasteiger partial charge in [0.2, 0.25) is 0 Å². The maximum absolute atomic E-state index is 11.4. The highest BCUT2D eigenvalue weighted by Crippen LogP contribution is 2.52. The molecule has 0 radical (unpaired) electrons. The molecule has 0 saturated carbocycles. The van der Waals surface area contributed by atoms with Crippen molar-refractivity contribution >= 4 is 5.97 Å². The Hall–Kier alpha value is -1.31. The number of carboxylic acids is 1. The van der Waals surface area contributed by atoms with Gasteiger partial charge in [0.1, 0.15) is 0 Å². The zero-order valence-corrected chi connectivity index (χ0v) is 10.9. The highest BCUT2D eigenvalue weighted by Gasteiger charge is 2.46. The second-order valence-electron chi connectivity index (χ2n) is 6.25. The lowest BCUT2D eigenvalue weighted by Crippen LogP contribution is -2.31. The van der Waals surface area contributed by atoms with Crippen molar-refractivity contribution in [2.24, 2.45) is 5.41 Å². The summed E-state index contributed by atoms with van der Waals surface area (Å²) in [5, 5.41) is 9.40. The van der Waals surface area contributed by atoms with Gasteiger partial charge in [-0.3, -0.25) is 4.79 Å². The molecule has 17 heavy (non-hydrogen) atoms. The van der Waals surface area contributed by atoms with Crippen LogP contribution in [0, 0.1) is 5.41 Å². The standard InChI is InChI=1S/C15H20O2/c1-14(2)9-12(15(3,4)13(16)17)10-7-5-6-8-11(10)14/h5-8,12H,9H2,1-4H3,(H,16,17). The number of hydrogen-bond acceptors (Lipinski definition) is 1. The molecule has 2 nitrogen and oxygen atoms in total. The molecule has 1 N–H and O–H groups in total. The quantitative estimate of drug-likeness (QED) is 0.846. The average molecular weight is 232 g/mol. The molecule has 1 unspecified atom stereocenters. The predicted octanol–water partition coefficient (Wildman–Crippen LogP) is 3.56. The van der Waals surface area contributed by atoms with Gasteiger partial charge >= 0.3 is 5.97 Å². The molecule has 0 amide bonds. The minimum atomic E-state index is -0.713. The third-order valence-corrected chi connectivity index (χ3v) is 4.20. The zero-order valence-electron chi connectivity index (χ0n) is 10.9. The van der Waals surface area contributed by atoms with Crippen LogP contribution >= 0.6 is 0 Å². The molecule has 0 fully saturated rings. The summed E-state index contributed by atoms with van der Waals surface area (Å²) in [5.41, 5.74) is 1.89. The molecule has 2 heteroatoms. The van der Waals surface area contributed by atoms with Crippen molar-refractivity contribution in [2.75, 3.05) is 0 Å². The highest BCUT2D eigenvalue weighted by atomic mass is 16.4. The van der Waals surface area contributed by atoms with E-state index in [4.69, 9.17) is 0 Å². The maximum atomic E-state index is 11.4. The third-order valence-electron chi connectivity index (χ3n) is 4.20. The van der Waals surface area contributed by atoms with E-state index < -0.39 is 11.4 Å². The number of carbonyl (C=O) groups is 1. The summed E-state index contributed by atoms with van der Waals surface area (Å²) >= 11 is 0. The van der Waals surface area contributed by atoms with E-state index in [9.17, 15) is 9.90 Å². The molecule has 1 aliphatic carbocycles. The largest absolute Gasteiger partial charge is 0.481 e. The number of fused-ring (bicyclic) bond motifs is 1. The predicted molar refractivity (Wildman–Crippen MR) is 68.2 cm³/mol. The molecular formula is C15H20O2. The van der Waals surface area contributed by atoms with E-state index in [2.05, 4.69) is 26.0 Å². The van der Waals surface area contributed by atoms with Gasteiger partial charge in [-0.15, -0.1) is 0 Å². The fourth-order valence-corrected chi connectivity index (χ4v) is 2.94. The molecule has 0 saturated heterocycles. The SMILES string of the molecule is CC1(C)CC(C(C)(C)C(=O)O)c2ccccc21. The van der Waals surface area contributed by atoms with Crippen molar-refractivity contribution in [3.05, 3.63) is 35.4 Å². The van der Waals surface area contributed by atoms with Gasteiger partial charge in [0.05, 0.1) is 5.41 Å². The number of benzene rings is 1. The molecule has 92 valence electrons. The van der Waals surface area contributed by atoms with E-state index in [1.165, 1.54) is 11.1 Å². The van der Waals surface area contributed by atoms with E-state index in [1.54, 1.807) is 0 Å². The summed E-state index contributed by atoms with van der Waals surface area (Å²) in [6.45, 7) is 8.06. The fourth-order valence-electron chi connectivity index (χ4n) is 2.94. The lowest BCUT2D eigenvalue weighted by Gasteiger charge is -2.29. The van der Waals surface area contributed by atoms with Gasteiger partial charge in [0.15, 0.2) is 0 Å². The molecule has 1 aliphatic rings. The number of aliphatic carboxylic acids is 1. The van der Waals surface area contributed by atoms with Crippen LogP contribution in [0.25, 0.3) is 0 Å². The monoisotopic (exact) mass is 232 g/mol. The zero-order chi connectivity index (χ0) is 12.8. The van der Waals surface area contributed by atoms with Crippen LogP contribution in [-0.4, -0.2) is 11.1 Å². The van der Waals surface area contributed by atoms with Gasteiger partial charge in [0.25, 0.3) is 0 Å². The molecule has 0 aliphatic heterocycles. The van der Waals surface area contributed by atoms with Gasteiger partial charge in [-0.1, -0.05) is 38.1 Å². The first kappa shape index (κ1) is 12.2. The third kappa shape index (κ3) is 1.76. The first-order valence-corrected chi connectivity index (χ1v) is 6.09. The van der Waals surface area contributed by atoms with Crippen LogP contribution in [0.1, 0.15) is 51.2 Å². The summed E-state index contributed by atoms with van der Waals surface area (Å²) in [4.78, 5) is 11.4. The van der Waals surface area contributed by atoms with Crippen LogP contribution in [0.5, 0.6) is 0 Å². The van der Waals surface area contributed by atoms with Crippen LogP contribution in [0.15, 0.2) is 24.3 Å². The lowest BCUT2D eigenvalue weighted by atomic mass is 9.74. The Bertz CT molecular complexity index is 458. The van der Waals surface area contributed by atoms with E-state index in [1.807, 2.05) is 26.0 Å². The van der Waals surface area contributed by atoms with Gasteiger partial charge in [-0.05, 0) is 36.8 Å². The molecule has 2 rings (SSSR count). The summed E-state index contributed by atoms with van der Waals surface area (Å²) in [6, 6.07) is 8.26. The molecule has 1 atom stereocenters. The summed E-state index contributed by atoms with van der Waals surface area (Å²) in [7, 11) is 0. The molecule has 1 aromatic carbocycles. The summed E-state index contributed by atoms with van der Waals surface area (Å²) in [5.74, 6) is -0.610. The van der Waals surface area contributed by atoms with E-state index in [0.717, 1.165) is 6.42 Å². The summed E-state index contributed by atoms with van der Waals surface area (Å²) < 4.78 is 0. The smallest absolute Gasteiger partial charge is 0.309 e.